The molecule has 0 amide bonds. The van der Waals surface area contributed by atoms with Crippen LogP contribution in [0.5, 0.6) is 0 Å². The number of nitrogens with zero attached hydrogens (tertiary/aromatic N) is 3. The van der Waals surface area contributed by atoms with Gasteiger partial charge in [0, 0.05) is 12.4 Å². The van der Waals surface area contributed by atoms with Crippen LogP contribution in [0.2, 0.25) is 0 Å². The monoisotopic (exact) mass is 192 g/mol. The van der Waals surface area contributed by atoms with Gasteiger partial charge < -0.3 is 0 Å². The van der Waals surface area contributed by atoms with E-state index in [2.05, 4.69) is 32.8 Å². The van der Waals surface area contributed by atoms with Crippen LogP contribution in [0, 0.1) is 0 Å². The lowest BCUT2D eigenvalue weighted by Crippen LogP contribution is -2.17. The molecule has 0 saturated carbocycles. The highest BCUT2D eigenvalue weighted by atomic mass is 79.9. The Morgan fingerprint density at radius 3 is 2.78 bits per heavy atom. The van der Waals surface area contributed by atoms with Gasteiger partial charge in [0.1, 0.15) is 0 Å². The van der Waals surface area contributed by atoms with Gasteiger partial charge >= 0.3 is 0 Å². The summed E-state index contributed by atoms with van der Waals surface area (Å²) >= 11 is 3.15. The lowest BCUT2D eigenvalue weighted by atomic mass is 10.6. The van der Waals surface area contributed by atoms with Gasteiger partial charge in [-0.1, -0.05) is 27.7 Å². The number of hydrazine groups is 1. The third-order valence-corrected chi connectivity index (χ3v) is 1.13. The molecule has 0 spiro atoms. The van der Waals surface area contributed by atoms with Crippen LogP contribution < -0.4 is 5.84 Å². The van der Waals surface area contributed by atoms with Crippen LogP contribution in [0.1, 0.15) is 0 Å². The molecule has 5 heteroatoms. The van der Waals surface area contributed by atoms with Gasteiger partial charge in [-0.15, -0.1) is 5.11 Å². The molecule has 0 aliphatic carbocycles. The highest BCUT2D eigenvalue weighted by molar-refractivity contribution is 9.09. The third kappa shape index (κ3) is 5.45. The fraction of sp³-hybridized carbons (Fsp3) is 0.500. The molecule has 0 aliphatic heterocycles. The molecular formula is C4H9BrN4. The van der Waals surface area contributed by atoms with Gasteiger partial charge in [-0.2, -0.15) is 0 Å². The van der Waals surface area contributed by atoms with Crippen molar-refractivity contribution >= 4 is 15.9 Å². The molecule has 2 N–H and O–H groups in total. The molecule has 0 aliphatic rings. The van der Waals surface area contributed by atoms with Gasteiger partial charge in [-0.3, -0.25) is 0 Å². The van der Waals surface area contributed by atoms with E-state index in [9.17, 15) is 0 Å². The first-order valence-corrected chi connectivity index (χ1v) is 3.42. The number of rotatable bonds is 3. The molecule has 4 nitrogen and oxygen atoms in total. The van der Waals surface area contributed by atoms with Crippen molar-refractivity contribution < 1.29 is 0 Å². The van der Waals surface area contributed by atoms with Crippen molar-refractivity contribution in [3.63, 3.8) is 0 Å². The first-order chi connectivity index (χ1) is 4.16. The summed E-state index contributed by atoms with van der Waals surface area (Å²) < 4.78 is 0. The number of allylic oxidation sites excluding steroid dienone is 1. The minimum absolute atomic E-state index is 0.615. The Bertz CT molecular complexity index is 120. The largest absolute Gasteiger partial charge is 0.230 e. The van der Waals surface area contributed by atoms with Crippen molar-refractivity contribution in [2.24, 2.45) is 16.2 Å². The second-order valence-corrected chi connectivity index (χ2v) is 2.02. The average molecular weight is 193 g/mol. The summed E-state index contributed by atoms with van der Waals surface area (Å²) in [6.07, 6.45) is 0. The van der Waals surface area contributed by atoms with Crippen molar-refractivity contribution in [3.05, 3.63) is 12.3 Å². The third-order valence-electron chi connectivity index (χ3n) is 0.481. The highest BCUT2D eigenvalue weighted by Crippen LogP contribution is 1.97. The molecule has 0 aromatic carbocycles. The Labute approximate surface area is 62.5 Å². The molecule has 0 rings (SSSR count). The standard InChI is InChI=1S/C4H9BrN4/c1-4(3-5)7-8-9(2)6/h1,3,6H2,2H3/b8-7-. The first-order valence-electron chi connectivity index (χ1n) is 2.30. The van der Waals surface area contributed by atoms with Gasteiger partial charge in [-0.05, 0) is 0 Å². The summed E-state index contributed by atoms with van der Waals surface area (Å²) in [6.45, 7) is 3.56. The maximum Gasteiger partial charge on any atom is 0.0682 e. The lowest BCUT2D eigenvalue weighted by Gasteiger charge is -1.99. The first kappa shape index (κ1) is 8.58. The summed E-state index contributed by atoms with van der Waals surface area (Å²) in [6, 6.07) is 0. The lowest BCUT2D eigenvalue weighted by molar-refractivity contribution is 0.345. The van der Waals surface area contributed by atoms with Gasteiger partial charge in [0.25, 0.3) is 0 Å². The second-order valence-electron chi connectivity index (χ2n) is 1.46. The maximum atomic E-state index is 5.11. The predicted octanol–water partition coefficient (Wildman–Crippen LogP) is 1.07. The van der Waals surface area contributed by atoms with E-state index in [-0.39, 0.29) is 0 Å². The molecule has 0 bridgehead atoms. The second kappa shape index (κ2) is 4.46. The summed E-state index contributed by atoms with van der Waals surface area (Å²) in [5.41, 5.74) is 0.646. The molecule has 0 aromatic rings. The molecule has 9 heavy (non-hydrogen) atoms. The Morgan fingerprint density at radius 2 is 2.44 bits per heavy atom. The molecule has 0 saturated heterocycles. The molecular weight excluding hydrogens is 184 g/mol. The summed E-state index contributed by atoms with van der Waals surface area (Å²) in [4.78, 5) is 0. The summed E-state index contributed by atoms with van der Waals surface area (Å²) in [5, 5.41) is 8.86. The van der Waals surface area contributed by atoms with Crippen molar-refractivity contribution in [3.8, 4) is 0 Å². The van der Waals surface area contributed by atoms with Crippen molar-refractivity contribution in [2.75, 3.05) is 12.4 Å². The molecule has 0 unspecified atom stereocenters. The Morgan fingerprint density at radius 1 is 1.89 bits per heavy atom. The maximum absolute atomic E-state index is 5.11. The normalized spacial score (nSPS) is 10.1. The van der Waals surface area contributed by atoms with E-state index in [0.29, 0.717) is 11.0 Å². The van der Waals surface area contributed by atoms with Crippen LogP contribution in [0.15, 0.2) is 22.6 Å². The fourth-order valence-corrected chi connectivity index (χ4v) is 0.273. The molecule has 0 heterocycles. The van der Waals surface area contributed by atoms with Crippen LogP contribution >= 0.6 is 15.9 Å². The molecule has 0 atom stereocenters. The topological polar surface area (TPSA) is 54.0 Å². The number of halogens is 1. The van der Waals surface area contributed by atoms with E-state index in [0.717, 1.165) is 5.12 Å². The zero-order valence-corrected chi connectivity index (χ0v) is 6.80. The fourth-order valence-electron chi connectivity index (χ4n) is 0.161. The molecule has 52 valence electrons. The van der Waals surface area contributed by atoms with Crippen LogP contribution in [-0.2, 0) is 0 Å². The Kier molecular flexibility index (Phi) is 4.25. The molecule has 0 aromatic heterocycles. The quantitative estimate of drug-likeness (QED) is 0.315. The van der Waals surface area contributed by atoms with Crippen LogP contribution in [-0.4, -0.2) is 17.5 Å². The minimum atomic E-state index is 0.615. The summed E-state index contributed by atoms with van der Waals surface area (Å²) in [5.74, 6) is 5.11. The zero-order valence-electron chi connectivity index (χ0n) is 5.21. The number of nitrogens with two attached hydrogens (primary N) is 1. The van der Waals surface area contributed by atoms with E-state index >= 15 is 0 Å². The number of hydrogen-bond donors (Lipinski definition) is 1. The van der Waals surface area contributed by atoms with Crippen LogP contribution in [0.25, 0.3) is 0 Å². The van der Waals surface area contributed by atoms with E-state index < -0.39 is 0 Å². The predicted molar refractivity (Wildman–Crippen MR) is 39.7 cm³/mol. The van der Waals surface area contributed by atoms with Crippen LogP contribution in [0.4, 0.5) is 0 Å². The number of hydrogen-bond acceptors (Lipinski definition) is 3. The molecule has 0 fully saturated rings. The van der Waals surface area contributed by atoms with Gasteiger partial charge in [0.05, 0.1) is 5.70 Å². The van der Waals surface area contributed by atoms with Crippen molar-refractivity contribution in [1.82, 2.24) is 5.12 Å². The Balaban J connectivity index is 3.57. The smallest absolute Gasteiger partial charge is 0.0682 e. The summed E-state index contributed by atoms with van der Waals surface area (Å²) in [7, 11) is 1.59. The van der Waals surface area contributed by atoms with Crippen molar-refractivity contribution in [1.29, 1.82) is 0 Å². The van der Waals surface area contributed by atoms with Gasteiger partial charge in [0.2, 0.25) is 0 Å². The van der Waals surface area contributed by atoms with Gasteiger partial charge in [0.15, 0.2) is 0 Å². The van der Waals surface area contributed by atoms with E-state index in [1.54, 1.807) is 7.05 Å². The van der Waals surface area contributed by atoms with Crippen LogP contribution in [0.3, 0.4) is 0 Å². The minimum Gasteiger partial charge on any atom is -0.230 e. The zero-order chi connectivity index (χ0) is 7.28. The Hall–Kier alpha value is -0.420. The highest BCUT2D eigenvalue weighted by Gasteiger charge is 1.84. The van der Waals surface area contributed by atoms with E-state index in [4.69, 9.17) is 5.84 Å². The van der Waals surface area contributed by atoms with Crippen molar-refractivity contribution in [2.45, 2.75) is 0 Å². The molecule has 0 radical (unpaired) electrons. The van der Waals surface area contributed by atoms with E-state index in [1.807, 2.05) is 0 Å². The average Bonchev–Trinajstić information content (AvgIpc) is 1.83. The van der Waals surface area contributed by atoms with E-state index in [1.165, 1.54) is 0 Å². The van der Waals surface area contributed by atoms with Gasteiger partial charge in [-0.25, -0.2) is 11.0 Å². The number of alkyl halides is 1. The SMILES string of the molecule is C=C(CBr)/N=N\N(C)N.